The Balaban J connectivity index is 1.51. The van der Waals surface area contributed by atoms with Crippen LogP contribution < -0.4 is 4.90 Å². The smallest absolute Gasteiger partial charge is 0.247 e. The van der Waals surface area contributed by atoms with Crippen molar-refractivity contribution in [3.8, 4) is 0 Å². The summed E-state index contributed by atoms with van der Waals surface area (Å²) in [5.74, 6) is -0.302. The second kappa shape index (κ2) is 10.6. The summed E-state index contributed by atoms with van der Waals surface area (Å²) in [4.78, 5) is 20.6. The number of carbonyl (C=O) groups is 1. The number of aromatic nitrogens is 3. The molecule has 0 saturated carbocycles. The zero-order valence-electron chi connectivity index (χ0n) is 21.2. The van der Waals surface area contributed by atoms with Gasteiger partial charge >= 0.3 is 0 Å². The number of anilines is 1. The fourth-order valence-electron chi connectivity index (χ4n) is 4.80. The van der Waals surface area contributed by atoms with E-state index in [4.69, 9.17) is 28.2 Å². The quantitative estimate of drug-likeness (QED) is 0.278. The van der Waals surface area contributed by atoms with Gasteiger partial charge in [0.25, 0.3) is 0 Å². The maximum absolute atomic E-state index is 14.1. The Morgan fingerprint density at radius 3 is 2.55 bits per heavy atom. The summed E-state index contributed by atoms with van der Waals surface area (Å²) in [5, 5.41) is 6.08. The lowest BCUT2D eigenvalue weighted by molar-refractivity contribution is -0.121. The fourth-order valence-corrected chi connectivity index (χ4v) is 7.78. The molecule has 2 aromatic heterocycles. The van der Waals surface area contributed by atoms with Crippen LogP contribution in [0.4, 0.5) is 5.13 Å². The monoisotopic (exact) mass is 591 g/mol. The number of sulfonamides is 1. The molecule has 5 rings (SSSR count). The topological polar surface area (TPSA) is 88.4 Å². The molecule has 12 heteroatoms. The average molecular weight is 593 g/mol. The van der Waals surface area contributed by atoms with Crippen molar-refractivity contribution in [2.75, 3.05) is 18.0 Å². The van der Waals surface area contributed by atoms with Gasteiger partial charge in [0.15, 0.2) is 5.13 Å². The normalized spacial score (nSPS) is 16.4. The molecule has 0 aliphatic carbocycles. The van der Waals surface area contributed by atoms with Gasteiger partial charge in [-0.05, 0) is 81.6 Å². The van der Waals surface area contributed by atoms with Gasteiger partial charge in [-0.2, -0.15) is 9.40 Å². The van der Waals surface area contributed by atoms with E-state index >= 15 is 0 Å². The molecule has 0 bridgehead atoms. The van der Waals surface area contributed by atoms with Crippen LogP contribution in [0, 0.1) is 20.8 Å². The number of benzene rings is 2. The van der Waals surface area contributed by atoms with Gasteiger partial charge in [0.2, 0.25) is 15.9 Å². The van der Waals surface area contributed by atoms with E-state index in [9.17, 15) is 13.2 Å². The molecule has 1 fully saturated rings. The summed E-state index contributed by atoms with van der Waals surface area (Å²) < 4.78 is 31.1. The molecule has 200 valence electrons. The second-order valence-electron chi connectivity index (χ2n) is 9.38. The van der Waals surface area contributed by atoms with Gasteiger partial charge < -0.3 is 0 Å². The van der Waals surface area contributed by atoms with Crippen molar-refractivity contribution in [2.45, 2.75) is 51.1 Å². The number of fused-ring (bicyclic) bond motifs is 1. The van der Waals surface area contributed by atoms with E-state index in [0.717, 1.165) is 27.2 Å². The molecule has 1 unspecified atom stereocenters. The predicted molar refractivity (Wildman–Crippen MR) is 152 cm³/mol. The molecule has 3 heterocycles. The first-order valence-electron chi connectivity index (χ1n) is 12.2. The fraction of sp³-hybridized carbons (Fsp3) is 0.346. The third-order valence-electron chi connectivity index (χ3n) is 6.78. The minimum absolute atomic E-state index is 0.112. The number of thiazole rings is 1. The molecule has 2 aromatic carbocycles. The molecular formula is C26H27Cl2N5O3S2. The van der Waals surface area contributed by atoms with Gasteiger partial charge in [0.1, 0.15) is 6.04 Å². The summed E-state index contributed by atoms with van der Waals surface area (Å²) in [5.41, 5.74) is 3.44. The minimum Gasteiger partial charge on any atom is -0.285 e. The van der Waals surface area contributed by atoms with Crippen LogP contribution in [0.15, 0.2) is 47.4 Å². The summed E-state index contributed by atoms with van der Waals surface area (Å²) in [6, 6.07) is 10.9. The van der Waals surface area contributed by atoms with Crippen LogP contribution in [0.2, 0.25) is 10.0 Å². The second-order valence-corrected chi connectivity index (χ2v) is 13.1. The molecule has 8 nitrogen and oxygen atoms in total. The molecule has 1 saturated heterocycles. The highest BCUT2D eigenvalue weighted by Crippen LogP contribution is 2.35. The zero-order valence-corrected chi connectivity index (χ0v) is 24.3. The van der Waals surface area contributed by atoms with Crippen LogP contribution in [0.3, 0.4) is 0 Å². The van der Waals surface area contributed by atoms with E-state index in [1.165, 1.54) is 39.9 Å². The van der Waals surface area contributed by atoms with Crippen LogP contribution in [-0.4, -0.2) is 52.5 Å². The third kappa shape index (κ3) is 5.08. The number of hydrogen-bond donors (Lipinski definition) is 0. The maximum atomic E-state index is 14.1. The number of nitrogens with zero attached hydrogens (tertiary/aromatic N) is 5. The van der Waals surface area contributed by atoms with Crippen LogP contribution >= 0.6 is 34.5 Å². The molecule has 0 N–H and O–H groups in total. The minimum atomic E-state index is -3.90. The van der Waals surface area contributed by atoms with E-state index in [1.54, 1.807) is 4.90 Å². The Kier molecular flexibility index (Phi) is 7.54. The number of halogens is 2. The Morgan fingerprint density at radius 2 is 1.87 bits per heavy atom. The lowest BCUT2D eigenvalue weighted by atomic mass is 10.2. The summed E-state index contributed by atoms with van der Waals surface area (Å²) in [7, 11) is -3.90. The number of amides is 1. The third-order valence-corrected chi connectivity index (χ3v) is 10.4. The summed E-state index contributed by atoms with van der Waals surface area (Å²) in [6.45, 7) is 6.78. The van der Waals surface area contributed by atoms with Crippen LogP contribution in [0.5, 0.6) is 0 Å². The van der Waals surface area contributed by atoms with Crippen molar-refractivity contribution >= 4 is 65.8 Å². The molecule has 1 atom stereocenters. The average Bonchev–Trinajstić information content (AvgIpc) is 3.61. The number of aryl methyl sites for hydroxylation is 3. The van der Waals surface area contributed by atoms with Crippen molar-refractivity contribution < 1.29 is 13.2 Å². The van der Waals surface area contributed by atoms with Gasteiger partial charge in [-0.25, -0.2) is 13.4 Å². The summed E-state index contributed by atoms with van der Waals surface area (Å²) >= 11 is 13.7. The molecule has 0 spiro atoms. The van der Waals surface area contributed by atoms with Gasteiger partial charge in [-0.15, -0.1) is 0 Å². The molecule has 1 aliphatic rings. The van der Waals surface area contributed by atoms with E-state index in [0.29, 0.717) is 41.1 Å². The van der Waals surface area contributed by atoms with Crippen LogP contribution in [0.1, 0.15) is 29.8 Å². The van der Waals surface area contributed by atoms with Crippen molar-refractivity contribution in [3.05, 3.63) is 69.5 Å². The summed E-state index contributed by atoms with van der Waals surface area (Å²) in [6.07, 6.45) is 1.01. The molecular weight excluding hydrogens is 565 g/mol. The molecule has 1 aliphatic heterocycles. The number of carbonyl (C=O) groups excluding carboxylic acids is 1. The van der Waals surface area contributed by atoms with Gasteiger partial charge in [-0.1, -0.05) is 34.5 Å². The maximum Gasteiger partial charge on any atom is 0.247 e. The largest absolute Gasteiger partial charge is 0.285 e. The first-order valence-corrected chi connectivity index (χ1v) is 15.2. The van der Waals surface area contributed by atoms with Gasteiger partial charge in [0, 0.05) is 28.8 Å². The highest BCUT2D eigenvalue weighted by Gasteiger charge is 2.42. The van der Waals surface area contributed by atoms with E-state index in [1.807, 2.05) is 43.7 Å². The Morgan fingerprint density at radius 1 is 1.13 bits per heavy atom. The Hall–Kier alpha value is -2.50. The van der Waals surface area contributed by atoms with Gasteiger partial charge in [0.05, 0.1) is 27.4 Å². The SMILES string of the molecule is Cc1cc(C)n(CCN(C(=O)C2CCCN2S(=O)(=O)c2ccc(Cl)cc2)c2nc3c(C)c(Cl)ccc3s2)n1. The van der Waals surface area contributed by atoms with Crippen LogP contribution in [0.25, 0.3) is 10.2 Å². The number of rotatable bonds is 7. The highest BCUT2D eigenvalue weighted by molar-refractivity contribution is 7.89. The van der Waals surface area contributed by atoms with Crippen molar-refractivity contribution in [2.24, 2.45) is 0 Å². The standard InChI is InChI=1S/C26H27Cl2N5O3S2/c1-16-15-17(2)32(30-16)14-13-31(26-29-24-18(3)21(28)10-11-23(24)37-26)25(34)22-5-4-12-33(22)38(35,36)20-8-6-19(27)7-9-20/h6-11,15,22H,4-5,12-14H2,1-3H3. The highest BCUT2D eigenvalue weighted by atomic mass is 35.5. The Labute approximate surface area is 235 Å². The molecule has 1 amide bonds. The van der Waals surface area contributed by atoms with E-state index < -0.39 is 16.1 Å². The lowest BCUT2D eigenvalue weighted by Crippen LogP contribution is -2.48. The first-order chi connectivity index (χ1) is 18.1. The van der Waals surface area contributed by atoms with Crippen molar-refractivity contribution in [3.63, 3.8) is 0 Å². The predicted octanol–water partition coefficient (Wildman–Crippen LogP) is 5.61. The molecule has 4 aromatic rings. The lowest BCUT2D eigenvalue weighted by Gasteiger charge is -2.28. The molecule has 38 heavy (non-hydrogen) atoms. The van der Waals surface area contributed by atoms with Crippen molar-refractivity contribution in [1.29, 1.82) is 0 Å². The van der Waals surface area contributed by atoms with Crippen molar-refractivity contribution in [1.82, 2.24) is 19.1 Å². The first kappa shape index (κ1) is 27.1. The zero-order chi connectivity index (χ0) is 27.2. The Bertz CT molecular complexity index is 1620. The van der Waals surface area contributed by atoms with E-state index in [2.05, 4.69) is 5.10 Å². The number of hydrogen-bond acceptors (Lipinski definition) is 6. The van der Waals surface area contributed by atoms with Gasteiger partial charge in [-0.3, -0.25) is 14.4 Å². The molecule has 0 radical (unpaired) electrons. The van der Waals surface area contributed by atoms with Crippen LogP contribution in [-0.2, 0) is 21.4 Å². The van der Waals surface area contributed by atoms with E-state index in [-0.39, 0.29) is 17.3 Å².